The van der Waals surface area contributed by atoms with Crippen molar-refractivity contribution in [1.82, 2.24) is 0 Å². The molecule has 0 aliphatic carbocycles. The van der Waals surface area contributed by atoms with Crippen molar-refractivity contribution in [3.8, 4) is 11.5 Å². The number of benzene rings is 3. The van der Waals surface area contributed by atoms with E-state index in [9.17, 15) is 26.7 Å². The smallest absolute Gasteiger partial charge is 0.231 e. The van der Waals surface area contributed by atoms with Gasteiger partial charge in [-0.05, 0) is 35.9 Å². The molecule has 0 fully saturated rings. The van der Waals surface area contributed by atoms with Crippen molar-refractivity contribution in [3.63, 3.8) is 0 Å². The van der Waals surface area contributed by atoms with E-state index in [1.54, 1.807) is 24.3 Å². The topological polar surface area (TPSA) is 35.5 Å². The molecule has 0 aromatic heterocycles. The third kappa shape index (κ3) is 3.93. The van der Waals surface area contributed by atoms with Gasteiger partial charge in [-0.15, -0.1) is 0 Å². The Morgan fingerprint density at radius 3 is 2.26 bits per heavy atom. The quantitative estimate of drug-likeness (QED) is 0.183. The number of Topliss-reactive ketones (excluding diaryl/α,β-unsaturated/α-hetero) is 1. The van der Waals surface area contributed by atoms with E-state index in [-0.39, 0.29) is 28.6 Å². The van der Waals surface area contributed by atoms with Crippen molar-refractivity contribution in [2.24, 2.45) is 0 Å². The third-order valence-electron chi connectivity index (χ3n) is 4.47. The molecular weight excluding hydrogens is 487 g/mol. The molecule has 9 heteroatoms. The van der Waals surface area contributed by atoms with E-state index in [0.29, 0.717) is 5.56 Å². The lowest BCUT2D eigenvalue weighted by Gasteiger charge is -2.10. The first-order chi connectivity index (χ1) is 14.8. The van der Waals surface area contributed by atoms with E-state index < -0.39 is 41.3 Å². The van der Waals surface area contributed by atoms with Crippen LogP contribution in [-0.2, 0) is 6.61 Å². The van der Waals surface area contributed by atoms with Crippen LogP contribution in [0.3, 0.4) is 0 Å². The lowest BCUT2D eigenvalue weighted by Crippen LogP contribution is -2.09. The summed E-state index contributed by atoms with van der Waals surface area (Å²) in [7, 11) is 0. The summed E-state index contributed by atoms with van der Waals surface area (Å²) in [6.45, 7) is -0.917. The van der Waals surface area contributed by atoms with Crippen molar-refractivity contribution in [2.75, 3.05) is 0 Å². The van der Waals surface area contributed by atoms with Gasteiger partial charge in [0.05, 0.1) is 11.1 Å². The molecule has 1 aliphatic rings. The first kappa shape index (κ1) is 21.0. The number of rotatable bonds is 4. The van der Waals surface area contributed by atoms with Crippen LogP contribution in [0, 0.1) is 29.1 Å². The molecule has 0 saturated heterocycles. The van der Waals surface area contributed by atoms with E-state index in [2.05, 4.69) is 15.9 Å². The van der Waals surface area contributed by atoms with Gasteiger partial charge in [-0.25, -0.2) is 22.0 Å². The van der Waals surface area contributed by atoms with Crippen LogP contribution in [0.5, 0.6) is 11.5 Å². The number of carbonyl (C=O) groups excluding carboxylic acids is 1. The van der Waals surface area contributed by atoms with Crippen molar-refractivity contribution in [1.29, 1.82) is 0 Å². The van der Waals surface area contributed by atoms with E-state index in [4.69, 9.17) is 9.47 Å². The minimum atomic E-state index is -2.24. The number of hydrogen-bond donors (Lipinski definition) is 0. The number of carbonyl (C=O) groups is 1. The lowest BCUT2D eigenvalue weighted by atomic mass is 10.1. The second-order valence-corrected chi connectivity index (χ2v) is 7.41. The van der Waals surface area contributed by atoms with E-state index in [1.165, 1.54) is 18.2 Å². The minimum absolute atomic E-state index is 0.0131. The Kier molecular flexibility index (Phi) is 5.53. The van der Waals surface area contributed by atoms with Gasteiger partial charge in [0.15, 0.2) is 29.0 Å². The summed E-state index contributed by atoms with van der Waals surface area (Å²) in [6.07, 6.45) is 1.54. The average molecular weight is 497 g/mol. The molecule has 0 radical (unpaired) electrons. The minimum Gasteiger partial charge on any atom is -0.489 e. The van der Waals surface area contributed by atoms with Gasteiger partial charge in [0.2, 0.25) is 11.6 Å². The molecule has 4 rings (SSSR count). The molecule has 0 saturated carbocycles. The van der Waals surface area contributed by atoms with Crippen LogP contribution in [0.2, 0.25) is 0 Å². The highest BCUT2D eigenvalue weighted by Gasteiger charge is 2.29. The molecule has 158 valence electrons. The third-order valence-corrected chi connectivity index (χ3v) is 4.96. The van der Waals surface area contributed by atoms with Crippen LogP contribution in [0.1, 0.15) is 21.5 Å². The second-order valence-electron chi connectivity index (χ2n) is 6.49. The molecule has 3 nitrogen and oxygen atoms in total. The zero-order valence-corrected chi connectivity index (χ0v) is 16.9. The van der Waals surface area contributed by atoms with Gasteiger partial charge >= 0.3 is 0 Å². The summed E-state index contributed by atoms with van der Waals surface area (Å²) in [4.78, 5) is 12.5. The standard InChI is InChI=1S/C22H10BrF5O3/c23-11-3-1-2-10(6-11)7-16-22(29)13-5-4-12(8-15(13)31-16)30-9-14-17(24)19(26)21(28)20(27)18(14)25/h1-8H,9H2/b16-7-. The molecule has 0 bridgehead atoms. The van der Waals surface area contributed by atoms with E-state index in [0.717, 1.165) is 4.47 Å². The summed E-state index contributed by atoms with van der Waals surface area (Å²) < 4.78 is 78.9. The van der Waals surface area contributed by atoms with E-state index >= 15 is 0 Å². The summed E-state index contributed by atoms with van der Waals surface area (Å²) >= 11 is 3.33. The first-order valence-electron chi connectivity index (χ1n) is 8.73. The highest BCUT2D eigenvalue weighted by molar-refractivity contribution is 9.10. The zero-order valence-electron chi connectivity index (χ0n) is 15.3. The highest BCUT2D eigenvalue weighted by Crippen LogP contribution is 2.35. The fraction of sp³-hybridized carbons (Fsp3) is 0.0455. The normalized spacial score (nSPS) is 14.0. The molecule has 0 amide bonds. The van der Waals surface area contributed by atoms with Gasteiger partial charge in [-0.3, -0.25) is 4.79 Å². The molecule has 0 spiro atoms. The number of ether oxygens (including phenoxy) is 2. The Balaban J connectivity index is 1.56. The Hall–Kier alpha value is -3.20. The van der Waals surface area contributed by atoms with Crippen LogP contribution in [0.25, 0.3) is 6.08 Å². The molecular formula is C22H10BrF5O3. The predicted molar refractivity (Wildman–Crippen MR) is 104 cm³/mol. The largest absolute Gasteiger partial charge is 0.489 e. The van der Waals surface area contributed by atoms with Crippen LogP contribution in [0.4, 0.5) is 22.0 Å². The summed E-state index contributed by atoms with van der Waals surface area (Å²) in [6, 6.07) is 11.2. The van der Waals surface area contributed by atoms with Gasteiger partial charge in [0.25, 0.3) is 0 Å². The monoisotopic (exact) mass is 496 g/mol. The second kappa shape index (κ2) is 8.14. The Labute approximate surface area is 180 Å². The maximum atomic E-state index is 13.8. The summed E-state index contributed by atoms with van der Waals surface area (Å²) in [5, 5.41) is 0. The number of fused-ring (bicyclic) bond motifs is 1. The van der Waals surface area contributed by atoms with Crippen molar-refractivity contribution < 1.29 is 36.2 Å². The van der Waals surface area contributed by atoms with Crippen LogP contribution in [0.15, 0.2) is 52.7 Å². The van der Waals surface area contributed by atoms with Crippen LogP contribution >= 0.6 is 15.9 Å². The van der Waals surface area contributed by atoms with Crippen molar-refractivity contribution in [3.05, 3.63) is 98.5 Å². The van der Waals surface area contributed by atoms with E-state index in [1.807, 2.05) is 6.07 Å². The number of allylic oxidation sites excluding steroid dienone is 1. The van der Waals surface area contributed by atoms with Gasteiger partial charge < -0.3 is 9.47 Å². The summed E-state index contributed by atoms with van der Waals surface area (Å²) in [5.74, 6) is -10.4. The Morgan fingerprint density at radius 2 is 1.58 bits per heavy atom. The Bertz CT molecular complexity index is 1230. The SMILES string of the molecule is O=C1/C(=C/c2cccc(Br)c2)Oc2cc(OCc3c(F)c(F)c(F)c(F)c3F)ccc21. The average Bonchev–Trinajstić information content (AvgIpc) is 3.05. The fourth-order valence-electron chi connectivity index (χ4n) is 2.94. The molecule has 31 heavy (non-hydrogen) atoms. The van der Waals surface area contributed by atoms with Crippen LogP contribution in [-0.4, -0.2) is 5.78 Å². The van der Waals surface area contributed by atoms with Crippen molar-refractivity contribution in [2.45, 2.75) is 6.61 Å². The van der Waals surface area contributed by atoms with Gasteiger partial charge in [-0.1, -0.05) is 28.1 Å². The first-order valence-corrected chi connectivity index (χ1v) is 9.52. The number of halogens is 6. The predicted octanol–water partition coefficient (Wildman–Crippen LogP) is 6.34. The Morgan fingerprint density at radius 1 is 0.903 bits per heavy atom. The molecule has 1 aliphatic heterocycles. The maximum absolute atomic E-state index is 13.8. The highest BCUT2D eigenvalue weighted by atomic mass is 79.9. The molecule has 3 aromatic carbocycles. The van der Waals surface area contributed by atoms with Crippen molar-refractivity contribution >= 4 is 27.8 Å². The lowest BCUT2D eigenvalue weighted by molar-refractivity contribution is 0.101. The number of hydrogen-bond acceptors (Lipinski definition) is 3. The molecule has 0 unspecified atom stereocenters. The summed E-state index contributed by atoms with van der Waals surface area (Å²) in [5.41, 5.74) is -0.151. The fourth-order valence-corrected chi connectivity index (χ4v) is 3.35. The van der Waals surface area contributed by atoms with Crippen LogP contribution < -0.4 is 9.47 Å². The van der Waals surface area contributed by atoms with Gasteiger partial charge in [-0.2, -0.15) is 0 Å². The molecule has 1 heterocycles. The zero-order chi connectivity index (χ0) is 22.3. The molecule has 0 N–H and O–H groups in total. The molecule has 3 aromatic rings. The number of ketones is 1. The molecule has 0 atom stereocenters. The van der Waals surface area contributed by atoms with Gasteiger partial charge in [0.1, 0.15) is 18.1 Å². The van der Waals surface area contributed by atoms with Gasteiger partial charge in [0, 0.05) is 10.5 Å². The maximum Gasteiger partial charge on any atom is 0.231 e.